The van der Waals surface area contributed by atoms with Crippen molar-refractivity contribution in [2.24, 2.45) is 5.92 Å². The number of hydrogen-bond acceptors (Lipinski definition) is 1. The van der Waals surface area contributed by atoms with Gasteiger partial charge in [0, 0.05) is 0 Å². The van der Waals surface area contributed by atoms with Gasteiger partial charge in [0.05, 0.1) is 11.5 Å². The van der Waals surface area contributed by atoms with E-state index in [9.17, 15) is 4.79 Å². The first-order valence-corrected chi connectivity index (χ1v) is 3.69. The Kier molecular flexibility index (Phi) is 0.967. The minimum atomic E-state index is 0.103. The number of allylic oxidation sites excluding steroid dienone is 1. The van der Waals surface area contributed by atoms with Crippen molar-refractivity contribution in [3.8, 4) is 0 Å². The summed E-state index contributed by atoms with van der Waals surface area (Å²) in [6.45, 7) is 2.11. The van der Waals surface area contributed by atoms with E-state index >= 15 is 0 Å². The maximum atomic E-state index is 10.9. The van der Waals surface area contributed by atoms with Gasteiger partial charge in [-0.05, 0) is 19.8 Å². The SMILES string of the molecule is C[C@]12CC=CC[C@@H]1C(=O)N2. The van der Waals surface area contributed by atoms with Crippen molar-refractivity contribution >= 4 is 5.91 Å². The van der Waals surface area contributed by atoms with Gasteiger partial charge in [-0.25, -0.2) is 0 Å². The Labute approximate surface area is 60.3 Å². The molecule has 0 aromatic carbocycles. The molecular weight excluding hydrogens is 126 g/mol. The van der Waals surface area contributed by atoms with Crippen LogP contribution in [0.5, 0.6) is 0 Å². The lowest BCUT2D eigenvalue weighted by Crippen LogP contribution is -2.67. The molecule has 1 aliphatic carbocycles. The van der Waals surface area contributed by atoms with Gasteiger partial charge in [-0.1, -0.05) is 12.2 Å². The molecule has 0 aromatic heterocycles. The van der Waals surface area contributed by atoms with Gasteiger partial charge in [0.15, 0.2) is 0 Å². The molecule has 1 amide bonds. The molecule has 0 saturated carbocycles. The molecule has 0 aromatic rings. The fourth-order valence-corrected chi connectivity index (χ4v) is 1.79. The summed E-state index contributed by atoms with van der Waals surface area (Å²) in [5.41, 5.74) is 0.103. The number of carbonyl (C=O) groups excluding carboxylic acids is 1. The van der Waals surface area contributed by atoms with Crippen LogP contribution in [0, 0.1) is 5.92 Å². The smallest absolute Gasteiger partial charge is 0.226 e. The fraction of sp³-hybridized carbons (Fsp3) is 0.625. The van der Waals surface area contributed by atoms with Crippen LogP contribution in [-0.4, -0.2) is 11.4 Å². The Bertz CT molecular complexity index is 209. The third kappa shape index (κ3) is 0.564. The molecule has 1 aliphatic heterocycles. The summed E-state index contributed by atoms with van der Waals surface area (Å²) in [7, 11) is 0. The van der Waals surface area contributed by atoms with E-state index in [1.807, 2.05) is 0 Å². The molecule has 1 saturated heterocycles. The summed E-state index contributed by atoms with van der Waals surface area (Å²) in [4.78, 5) is 10.9. The Morgan fingerprint density at radius 1 is 1.70 bits per heavy atom. The molecule has 2 aliphatic rings. The van der Waals surface area contributed by atoms with Crippen LogP contribution in [0.2, 0.25) is 0 Å². The minimum absolute atomic E-state index is 0.103. The van der Waals surface area contributed by atoms with E-state index in [0.717, 1.165) is 12.8 Å². The molecule has 2 rings (SSSR count). The third-order valence-electron chi connectivity index (χ3n) is 2.57. The Hall–Kier alpha value is -0.790. The van der Waals surface area contributed by atoms with Crippen LogP contribution in [0.15, 0.2) is 12.2 Å². The van der Waals surface area contributed by atoms with Crippen molar-refractivity contribution in [2.45, 2.75) is 25.3 Å². The second-order valence-electron chi connectivity index (χ2n) is 3.37. The number of amides is 1. The van der Waals surface area contributed by atoms with E-state index in [2.05, 4.69) is 24.4 Å². The maximum Gasteiger partial charge on any atom is 0.226 e. The highest BCUT2D eigenvalue weighted by Crippen LogP contribution is 2.36. The van der Waals surface area contributed by atoms with Gasteiger partial charge in [0.1, 0.15) is 0 Å². The zero-order valence-corrected chi connectivity index (χ0v) is 6.05. The molecule has 0 spiro atoms. The predicted molar refractivity (Wildman–Crippen MR) is 38.4 cm³/mol. The monoisotopic (exact) mass is 137 g/mol. The molecule has 0 bridgehead atoms. The highest BCUT2D eigenvalue weighted by Gasteiger charge is 2.49. The zero-order chi connectivity index (χ0) is 7.19. The van der Waals surface area contributed by atoms with Crippen LogP contribution in [0.1, 0.15) is 19.8 Å². The van der Waals surface area contributed by atoms with Crippen LogP contribution >= 0.6 is 0 Å². The summed E-state index contributed by atoms with van der Waals surface area (Å²) in [6.07, 6.45) is 6.19. The van der Waals surface area contributed by atoms with Gasteiger partial charge < -0.3 is 5.32 Å². The van der Waals surface area contributed by atoms with E-state index in [1.54, 1.807) is 0 Å². The number of rotatable bonds is 0. The van der Waals surface area contributed by atoms with Crippen LogP contribution in [-0.2, 0) is 4.79 Å². The van der Waals surface area contributed by atoms with Crippen molar-refractivity contribution < 1.29 is 4.79 Å². The highest BCUT2D eigenvalue weighted by atomic mass is 16.2. The van der Waals surface area contributed by atoms with Gasteiger partial charge >= 0.3 is 0 Å². The standard InChI is InChI=1S/C8H11NO/c1-8-5-3-2-4-6(8)7(10)9-8/h2-3,6H,4-5H2,1H3,(H,9,10)/t6-,8+/m1/s1. The van der Waals surface area contributed by atoms with Crippen molar-refractivity contribution in [1.82, 2.24) is 5.32 Å². The topological polar surface area (TPSA) is 29.1 Å². The van der Waals surface area contributed by atoms with E-state index in [4.69, 9.17) is 0 Å². The number of nitrogens with one attached hydrogen (secondary N) is 1. The number of carbonyl (C=O) groups is 1. The van der Waals surface area contributed by atoms with Crippen molar-refractivity contribution in [3.63, 3.8) is 0 Å². The minimum Gasteiger partial charge on any atom is -0.349 e. The summed E-state index contributed by atoms with van der Waals surface area (Å²) >= 11 is 0. The molecule has 0 radical (unpaired) electrons. The lowest BCUT2D eigenvalue weighted by molar-refractivity contribution is -0.140. The normalized spacial score (nSPS) is 43.7. The molecule has 1 N–H and O–H groups in total. The number of hydrogen-bond donors (Lipinski definition) is 1. The van der Waals surface area contributed by atoms with Crippen LogP contribution in [0.25, 0.3) is 0 Å². The summed E-state index contributed by atoms with van der Waals surface area (Å²) < 4.78 is 0. The van der Waals surface area contributed by atoms with Crippen LogP contribution in [0.4, 0.5) is 0 Å². The maximum absolute atomic E-state index is 10.9. The number of fused-ring (bicyclic) bond motifs is 1. The molecule has 54 valence electrons. The second kappa shape index (κ2) is 1.62. The van der Waals surface area contributed by atoms with E-state index < -0.39 is 0 Å². The quantitative estimate of drug-likeness (QED) is 0.389. The van der Waals surface area contributed by atoms with Crippen LogP contribution in [0.3, 0.4) is 0 Å². The molecule has 2 heteroatoms. The van der Waals surface area contributed by atoms with Gasteiger partial charge in [0.25, 0.3) is 0 Å². The predicted octanol–water partition coefficient (Wildman–Crippen LogP) is 0.841. The third-order valence-corrected chi connectivity index (χ3v) is 2.57. The van der Waals surface area contributed by atoms with Gasteiger partial charge in [0.2, 0.25) is 5.91 Å². The molecule has 1 fully saturated rings. The van der Waals surface area contributed by atoms with Gasteiger partial charge in [-0.2, -0.15) is 0 Å². The summed E-state index contributed by atoms with van der Waals surface area (Å²) in [5.74, 6) is 0.490. The Morgan fingerprint density at radius 3 is 3.00 bits per heavy atom. The molecule has 0 unspecified atom stereocenters. The summed E-state index contributed by atoms with van der Waals surface area (Å²) in [6, 6.07) is 0. The van der Waals surface area contributed by atoms with Crippen molar-refractivity contribution in [2.75, 3.05) is 0 Å². The van der Waals surface area contributed by atoms with Gasteiger partial charge in [-0.15, -0.1) is 0 Å². The van der Waals surface area contributed by atoms with Crippen LogP contribution < -0.4 is 5.32 Å². The van der Waals surface area contributed by atoms with Crippen molar-refractivity contribution in [3.05, 3.63) is 12.2 Å². The lowest BCUT2D eigenvalue weighted by Gasteiger charge is -2.48. The zero-order valence-electron chi connectivity index (χ0n) is 6.05. The van der Waals surface area contributed by atoms with E-state index in [0.29, 0.717) is 0 Å². The van der Waals surface area contributed by atoms with Crippen molar-refractivity contribution in [1.29, 1.82) is 0 Å². The van der Waals surface area contributed by atoms with E-state index in [1.165, 1.54) is 0 Å². The first-order chi connectivity index (χ1) is 4.72. The number of β-lactam (4-membered cyclic amide) rings is 1. The lowest BCUT2D eigenvalue weighted by atomic mass is 9.70. The Balaban J connectivity index is 2.23. The summed E-state index contributed by atoms with van der Waals surface area (Å²) in [5, 5.41) is 2.93. The first kappa shape index (κ1) is 5.96. The first-order valence-electron chi connectivity index (χ1n) is 3.69. The molecule has 2 nitrogen and oxygen atoms in total. The van der Waals surface area contributed by atoms with E-state index in [-0.39, 0.29) is 17.4 Å². The molecule has 2 atom stereocenters. The highest BCUT2D eigenvalue weighted by molar-refractivity contribution is 5.88. The average Bonchev–Trinajstić information content (AvgIpc) is 1.86. The Morgan fingerprint density at radius 2 is 2.50 bits per heavy atom. The largest absolute Gasteiger partial charge is 0.349 e. The van der Waals surface area contributed by atoms with Gasteiger partial charge in [-0.3, -0.25) is 4.79 Å². The molecule has 1 heterocycles. The molecular formula is C8H11NO. The average molecular weight is 137 g/mol. The fourth-order valence-electron chi connectivity index (χ4n) is 1.79. The second-order valence-corrected chi connectivity index (χ2v) is 3.37. The molecule has 10 heavy (non-hydrogen) atoms.